The van der Waals surface area contributed by atoms with Crippen molar-refractivity contribution in [2.75, 3.05) is 13.1 Å². The molecule has 2 aliphatic rings. The summed E-state index contributed by atoms with van der Waals surface area (Å²) in [5.41, 5.74) is 1.68. The minimum atomic E-state index is -0.284. The normalized spacial score (nSPS) is 28.5. The zero-order valence-electron chi connectivity index (χ0n) is 12.4. The summed E-state index contributed by atoms with van der Waals surface area (Å²) in [6.07, 6.45) is 2.75. The Morgan fingerprint density at radius 2 is 2.19 bits per heavy atom. The number of aryl methyl sites for hydroxylation is 1. The molecule has 0 spiro atoms. The van der Waals surface area contributed by atoms with Gasteiger partial charge in [0, 0.05) is 19.0 Å². The maximum absolute atomic E-state index is 13.6. The molecule has 3 rings (SSSR count). The van der Waals surface area contributed by atoms with Gasteiger partial charge in [0.1, 0.15) is 5.82 Å². The smallest absolute Gasteiger partial charge is 0.225 e. The van der Waals surface area contributed by atoms with E-state index >= 15 is 0 Å². The van der Waals surface area contributed by atoms with Gasteiger partial charge in [-0.2, -0.15) is 0 Å². The SMILES string of the molecule is Cc1ccc(CC2CCN(C(=O)C3CC(O)C3)C2)cc1F. The van der Waals surface area contributed by atoms with Gasteiger partial charge in [0.25, 0.3) is 0 Å². The molecule has 3 nitrogen and oxygen atoms in total. The Balaban J connectivity index is 1.54. The van der Waals surface area contributed by atoms with E-state index in [2.05, 4.69) is 0 Å². The molecule has 1 heterocycles. The summed E-state index contributed by atoms with van der Waals surface area (Å²) in [4.78, 5) is 14.1. The van der Waals surface area contributed by atoms with Gasteiger partial charge in [-0.15, -0.1) is 0 Å². The molecule has 4 heteroatoms. The monoisotopic (exact) mass is 291 g/mol. The summed E-state index contributed by atoms with van der Waals surface area (Å²) < 4.78 is 13.6. The Labute approximate surface area is 124 Å². The van der Waals surface area contributed by atoms with Crippen LogP contribution in [0.3, 0.4) is 0 Å². The lowest BCUT2D eigenvalue weighted by molar-refractivity contribution is -0.141. The number of benzene rings is 1. The number of nitrogens with zero attached hydrogens (tertiary/aromatic N) is 1. The van der Waals surface area contributed by atoms with E-state index in [9.17, 15) is 14.3 Å². The van der Waals surface area contributed by atoms with Crippen molar-refractivity contribution in [3.8, 4) is 0 Å². The highest BCUT2D eigenvalue weighted by molar-refractivity contribution is 5.80. The van der Waals surface area contributed by atoms with Crippen molar-refractivity contribution in [3.63, 3.8) is 0 Å². The summed E-state index contributed by atoms with van der Waals surface area (Å²) in [6.45, 7) is 3.33. The van der Waals surface area contributed by atoms with Gasteiger partial charge in [-0.05, 0) is 55.7 Å². The van der Waals surface area contributed by atoms with Crippen LogP contribution in [0.5, 0.6) is 0 Å². The van der Waals surface area contributed by atoms with E-state index in [4.69, 9.17) is 0 Å². The molecule has 1 aliphatic heterocycles. The fourth-order valence-corrected chi connectivity index (χ4v) is 3.34. The molecular formula is C17H22FNO2. The van der Waals surface area contributed by atoms with Crippen LogP contribution in [0.15, 0.2) is 18.2 Å². The molecule has 1 atom stereocenters. The highest BCUT2D eigenvalue weighted by Crippen LogP contribution is 2.31. The van der Waals surface area contributed by atoms with Gasteiger partial charge >= 0.3 is 0 Å². The average Bonchev–Trinajstić information content (AvgIpc) is 2.87. The van der Waals surface area contributed by atoms with Gasteiger partial charge < -0.3 is 10.0 Å². The van der Waals surface area contributed by atoms with E-state index in [-0.39, 0.29) is 23.7 Å². The third-order valence-electron chi connectivity index (χ3n) is 4.82. The van der Waals surface area contributed by atoms with Crippen LogP contribution in [0.25, 0.3) is 0 Å². The van der Waals surface area contributed by atoms with Crippen molar-refractivity contribution in [2.24, 2.45) is 11.8 Å². The Morgan fingerprint density at radius 1 is 1.43 bits per heavy atom. The molecule has 2 fully saturated rings. The average molecular weight is 291 g/mol. The van der Waals surface area contributed by atoms with Crippen molar-refractivity contribution < 1.29 is 14.3 Å². The van der Waals surface area contributed by atoms with E-state index in [1.165, 1.54) is 0 Å². The molecule has 1 saturated heterocycles. The number of hydrogen-bond donors (Lipinski definition) is 1. The second kappa shape index (κ2) is 5.76. The van der Waals surface area contributed by atoms with E-state index in [0.717, 1.165) is 31.5 Å². The summed E-state index contributed by atoms with van der Waals surface area (Å²) >= 11 is 0. The Hall–Kier alpha value is -1.42. The number of aliphatic hydroxyl groups is 1. The second-order valence-electron chi connectivity index (χ2n) is 6.55. The molecule has 1 amide bonds. The first-order valence-electron chi connectivity index (χ1n) is 7.75. The standard InChI is InChI=1S/C17H22FNO2/c1-11-2-3-12(7-16(11)18)6-13-4-5-19(10-13)17(21)14-8-15(20)9-14/h2-3,7,13-15,20H,4-6,8-10H2,1H3. The molecule has 0 aromatic heterocycles. The van der Waals surface area contributed by atoms with Gasteiger partial charge in [0.2, 0.25) is 5.91 Å². The lowest BCUT2D eigenvalue weighted by atomic mass is 9.81. The molecule has 0 radical (unpaired) electrons. The fraction of sp³-hybridized carbons (Fsp3) is 0.588. The van der Waals surface area contributed by atoms with Crippen LogP contribution in [-0.4, -0.2) is 35.1 Å². The number of likely N-dealkylation sites (tertiary alicyclic amines) is 1. The lowest BCUT2D eigenvalue weighted by Gasteiger charge is -2.33. The van der Waals surface area contributed by atoms with E-state index in [1.54, 1.807) is 13.0 Å². The molecule has 1 saturated carbocycles. The van der Waals surface area contributed by atoms with Crippen LogP contribution in [0.4, 0.5) is 4.39 Å². The zero-order valence-corrected chi connectivity index (χ0v) is 12.4. The number of amides is 1. The summed E-state index contributed by atoms with van der Waals surface area (Å²) in [6, 6.07) is 5.41. The van der Waals surface area contributed by atoms with E-state index in [1.807, 2.05) is 17.0 Å². The number of carbonyl (C=O) groups excluding carboxylic acids is 1. The molecule has 1 N–H and O–H groups in total. The van der Waals surface area contributed by atoms with Crippen LogP contribution in [0, 0.1) is 24.6 Å². The number of aliphatic hydroxyl groups excluding tert-OH is 1. The maximum atomic E-state index is 13.6. The summed E-state index contributed by atoms with van der Waals surface area (Å²) in [5.74, 6) is 0.483. The van der Waals surface area contributed by atoms with Crippen molar-refractivity contribution in [1.29, 1.82) is 0 Å². The minimum Gasteiger partial charge on any atom is -0.393 e. The van der Waals surface area contributed by atoms with Crippen LogP contribution in [0.2, 0.25) is 0 Å². The predicted molar refractivity (Wildman–Crippen MR) is 78.3 cm³/mol. The predicted octanol–water partition coefficient (Wildman–Crippen LogP) is 2.30. The Bertz CT molecular complexity index is 540. The first kappa shape index (κ1) is 14.5. The van der Waals surface area contributed by atoms with Crippen LogP contribution in [0.1, 0.15) is 30.4 Å². The van der Waals surface area contributed by atoms with Crippen LogP contribution >= 0.6 is 0 Å². The molecule has 114 valence electrons. The van der Waals surface area contributed by atoms with Crippen molar-refractivity contribution in [3.05, 3.63) is 35.1 Å². The molecular weight excluding hydrogens is 269 g/mol. The maximum Gasteiger partial charge on any atom is 0.225 e. The number of halogens is 1. The highest BCUT2D eigenvalue weighted by Gasteiger charge is 2.37. The van der Waals surface area contributed by atoms with Gasteiger partial charge in [0.05, 0.1) is 6.10 Å². The van der Waals surface area contributed by atoms with Gasteiger partial charge in [0.15, 0.2) is 0 Å². The molecule has 21 heavy (non-hydrogen) atoms. The fourth-order valence-electron chi connectivity index (χ4n) is 3.34. The largest absolute Gasteiger partial charge is 0.393 e. The van der Waals surface area contributed by atoms with E-state index in [0.29, 0.717) is 24.3 Å². The molecule has 1 aliphatic carbocycles. The van der Waals surface area contributed by atoms with Crippen molar-refractivity contribution in [2.45, 2.75) is 38.7 Å². The molecule has 1 aromatic carbocycles. The molecule has 1 aromatic rings. The topological polar surface area (TPSA) is 40.5 Å². The van der Waals surface area contributed by atoms with Gasteiger partial charge in [-0.25, -0.2) is 4.39 Å². The minimum absolute atomic E-state index is 0.0237. The quantitative estimate of drug-likeness (QED) is 0.928. The molecule has 1 unspecified atom stereocenters. The van der Waals surface area contributed by atoms with Gasteiger partial charge in [-0.1, -0.05) is 12.1 Å². The second-order valence-corrected chi connectivity index (χ2v) is 6.55. The number of hydrogen-bond acceptors (Lipinski definition) is 2. The van der Waals surface area contributed by atoms with Crippen LogP contribution < -0.4 is 0 Å². The van der Waals surface area contributed by atoms with Crippen molar-refractivity contribution >= 4 is 5.91 Å². The Kier molecular flexibility index (Phi) is 3.98. The van der Waals surface area contributed by atoms with E-state index < -0.39 is 0 Å². The Morgan fingerprint density at radius 3 is 2.86 bits per heavy atom. The lowest BCUT2D eigenvalue weighted by Crippen LogP contribution is -2.42. The third-order valence-corrected chi connectivity index (χ3v) is 4.82. The first-order chi connectivity index (χ1) is 10.0. The van der Waals surface area contributed by atoms with Gasteiger partial charge in [-0.3, -0.25) is 4.79 Å². The summed E-state index contributed by atoms with van der Waals surface area (Å²) in [5, 5.41) is 9.30. The third kappa shape index (κ3) is 3.10. The molecule has 0 bridgehead atoms. The first-order valence-corrected chi connectivity index (χ1v) is 7.75. The van der Waals surface area contributed by atoms with Crippen LogP contribution in [-0.2, 0) is 11.2 Å². The zero-order chi connectivity index (χ0) is 15.0. The summed E-state index contributed by atoms with van der Waals surface area (Å²) in [7, 11) is 0. The number of carbonyl (C=O) groups is 1. The van der Waals surface area contributed by atoms with Crippen molar-refractivity contribution in [1.82, 2.24) is 4.90 Å². The number of rotatable bonds is 3. The highest BCUT2D eigenvalue weighted by atomic mass is 19.1.